The summed E-state index contributed by atoms with van der Waals surface area (Å²) in [5.74, 6) is 0.156. The summed E-state index contributed by atoms with van der Waals surface area (Å²) in [6, 6.07) is 17.6. The molecular formula is C29H25FN2O6. The number of benzene rings is 3. The standard InChI is InChI=1S/C29H25FN2O6/c1-4-13-35-24-12-5-18(14-26(24)34-3)27-22-11-10-21(15-25(22)38-28(32)23(27)16-31)37-29(33)17(2)36-20-8-6-19(30)7-9-20/h4-12,14-15,17,27H,1,13,32H2,2-3H3. The number of carbonyl (C=O) groups is 1. The van der Waals surface area contributed by atoms with E-state index >= 15 is 0 Å². The molecule has 4 rings (SSSR count). The fourth-order valence-electron chi connectivity index (χ4n) is 3.94. The van der Waals surface area contributed by atoms with Crippen LogP contribution in [0.15, 0.2) is 84.8 Å². The number of rotatable bonds is 9. The van der Waals surface area contributed by atoms with Gasteiger partial charge in [0.05, 0.1) is 13.0 Å². The van der Waals surface area contributed by atoms with Crippen molar-refractivity contribution >= 4 is 5.97 Å². The summed E-state index contributed by atoms with van der Waals surface area (Å²) in [5, 5.41) is 9.85. The molecule has 0 saturated carbocycles. The van der Waals surface area contributed by atoms with Crippen molar-refractivity contribution in [2.45, 2.75) is 18.9 Å². The van der Waals surface area contributed by atoms with Crippen LogP contribution in [0.4, 0.5) is 4.39 Å². The van der Waals surface area contributed by atoms with Gasteiger partial charge in [0.1, 0.15) is 41.3 Å². The molecule has 0 aliphatic carbocycles. The number of esters is 1. The van der Waals surface area contributed by atoms with Crippen LogP contribution in [0.25, 0.3) is 0 Å². The van der Waals surface area contributed by atoms with Crippen LogP contribution in [-0.2, 0) is 4.79 Å². The molecule has 0 fully saturated rings. The molecule has 0 saturated heterocycles. The number of nitrogens with zero attached hydrogens (tertiary/aromatic N) is 1. The van der Waals surface area contributed by atoms with Gasteiger partial charge in [0.15, 0.2) is 17.6 Å². The number of hydrogen-bond donors (Lipinski definition) is 1. The van der Waals surface area contributed by atoms with Crippen molar-refractivity contribution in [3.05, 3.63) is 102 Å². The van der Waals surface area contributed by atoms with E-state index in [1.165, 1.54) is 44.4 Å². The maximum atomic E-state index is 13.1. The van der Waals surface area contributed by atoms with E-state index < -0.39 is 23.8 Å². The number of fused-ring (bicyclic) bond motifs is 1. The molecule has 0 spiro atoms. The second-order valence-corrected chi connectivity index (χ2v) is 8.27. The lowest BCUT2D eigenvalue weighted by atomic mass is 9.83. The molecule has 3 aromatic rings. The third-order valence-corrected chi connectivity index (χ3v) is 5.75. The summed E-state index contributed by atoms with van der Waals surface area (Å²) in [6.45, 7) is 5.47. The molecule has 3 aromatic carbocycles. The molecule has 1 heterocycles. The summed E-state index contributed by atoms with van der Waals surface area (Å²) in [5.41, 5.74) is 7.71. The lowest BCUT2D eigenvalue weighted by molar-refractivity contribution is -0.141. The highest BCUT2D eigenvalue weighted by Gasteiger charge is 2.32. The van der Waals surface area contributed by atoms with Crippen molar-refractivity contribution in [3.8, 4) is 34.8 Å². The predicted octanol–water partition coefficient (Wildman–Crippen LogP) is 4.99. The lowest BCUT2D eigenvalue weighted by Crippen LogP contribution is -2.28. The minimum atomic E-state index is -0.963. The zero-order valence-electron chi connectivity index (χ0n) is 20.8. The van der Waals surface area contributed by atoms with E-state index in [4.69, 9.17) is 29.4 Å². The molecule has 2 atom stereocenters. The Balaban J connectivity index is 1.59. The fourth-order valence-corrected chi connectivity index (χ4v) is 3.94. The molecule has 0 aromatic heterocycles. The Morgan fingerprint density at radius 1 is 1.16 bits per heavy atom. The SMILES string of the molecule is C=CCOc1ccc(C2C(C#N)=C(N)Oc3cc(OC(=O)C(C)Oc4ccc(F)cc4)ccc32)cc1OC. The summed E-state index contributed by atoms with van der Waals surface area (Å²) in [7, 11) is 1.52. The van der Waals surface area contributed by atoms with E-state index in [0.29, 0.717) is 35.2 Å². The number of nitriles is 1. The molecule has 1 aliphatic rings. The van der Waals surface area contributed by atoms with Gasteiger partial charge in [-0.05, 0) is 55.0 Å². The first kappa shape index (κ1) is 26.1. The molecule has 38 heavy (non-hydrogen) atoms. The molecule has 194 valence electrons. The monoisotopic (exact) mass is 516 g/mol. The molecule has 9 heteroatoms. The van der Waals surface area contributed by atoms with Gasteiger partial charge >= 0.3 is 5.97 Å². The number of allylic oxidation sites excluding steroid dienone is 1. The van der Waals surface area contributed by atoms with E-state index in [1.807, 2.05) is 6.07 Å². The maximum absolute atomic E-state index is 13.1. The molecule has 2 N–H and O–H groups in total. The number of ether oxygens (including phenoxy) is 5. The highest BCUT2D eigenvalue weighted by molar-refractivity contribution is 5.77. The van der Waals surface area contributed by atoms with Gasteiger partial charge in [-0.3, -0.25) is 0 Å². The van der Waals surface area contributed by atoms with Crippen LogP contribution in [0.3, 0.4) is 0 Å². The first-order valence-electron chi connectivity index (χ1n) is 11.6. The van der Waals surface area contributed by atoms with Gasteiger partial charge in [-0.25, -0.2) is 9.18 Å². The van der Waals surface area contributed by atoms with Gasteiger partial charge in [-0.1, -0.05) is 24.8 Å². The van der Waals surface area contributed by atoms with Gasteiger partial charge in [0.25, 0.3) is 0 Å². The zero-order valence-corrected chi connectivity index (χ0v) is 20.8. The summed E-state index contributed by atoms with van der Waals surface area (Å²) in [6.07, 6.45) is 0.661. The Morgan fingerprint density at radius 3 is 2.58 bits per heavy atom. The van der Waals surface area contributed by atoms with Crippen molar-refractivity contribution in [1.29, 1.82) is 5.26 Å². The molecule has 0 bridgehead atoms. The van der Waals surface area contributed by atoms with Gasteiger partial charge in [-0.2, -0.15) is 5.26 Å². The van der Waals surface area contributed by atoms with Crippen LogP contribution < -0.4 is 29.4 Å². The predicted molar refractivity (Wildman–Crippen MR) is 137 cm³/mol. The molecule has 1 aliphatic heterocycles. The third-order valence-electron chi connectivity index (χ3n) is 5.75. The van der Waals surface area contributed by atoms with Crippen LogP contribution in [0.5, 0.6) is 28.7 Å². The van der Waals surface area contributed by atoms with E-state index in [0.717, 1.165) is 5.56 Å². The molecule has 2 unspecified atom stereocenters. The Hall–Kier alpha value is -4.97. The minimum Gasteiger partial charge on any atom is -0.493 e. The number of nitrogens with two attached hydrogens (primary N) is 1. The van der Waals surface area contributed by atoms with Crippen LogP contribution in [0, 0.1) is 17.1 Å². The van der Waals surface area contributed by atoms with Gasteiger partial charge < -0.3 is 29.4 Å². The van der Waals surface area contributed by atoms with E-state index in [1.54, 1.807) is 30.3 Å². The van der Waals surface area contributed by atoms with Crippen molar-refractivity contribution in [1.82, 2.24) is 0 Å². The first-order chi connectivity index (χ1) is 18.3. The Morgan fingerprint density at radius 2 is 1.89 bits per heavy atom. The molecule has 8 nitrogen and oxygen atoms in total. The quantitative estimate of drug-likeness (QED) is 0.240. The van der Waals surface area contributed by atoms with Crippen LogP contribution in [-0.4, -0.2) is 25.8 Å². The Labute approximate surface area is 219 Å². The van der Waals surface area contributed by atoms with Crippen molar-refractivity contribution in [2.24, 2.45) is 5.73 Å². The summed E-state index contributed by atoms with van der Waals surface area (Å²) >= 11 is 0. The van der Waals surface area contributed by atoms with E-state index in [2.05, 4.69) is 12.6 Å². The minimum absolute atomic E-state index is 0.0626. The largest absolute Gasteiger partial charge is 0.493 e. The van der Waals surface area contributed by atoms with Crippen LogP contribution in [0.1, 0.15) is 24.0 Å². The van der Waals surface area contributed by atoms with Gasteiger partial charge in [0, 0.05) is 11.6 Å². The average Bonchev–Trinajstić information content (AvgIpc) is 2.92. The average molecular weight is 517 g/mol. The molecular weight excluding hydrogens is 491 g/mol. The summed E-state index contributed by atoms with van der Waals surface area (Å²) < 4.78 is 41.0. The van der Waals surface area contributed by atoms with E-state index in [-0.39, 0.29) is 17.2 Å². The van der Waals surface area contributed by atoms with Crippen molar-refractivity contribution in [2.75, 3.05) is 13.7 Å². The van der Waals surface area contributed by atoms with Crippen molar-refractivity contribution in [3.63, 3.8) is 0 Å². The summed E-state index contributed by atoms with van der Waals surface area (Å²) in [4.78, 5) is 12.6. The first-order valence-corrected chi connectivity index (χ1v) is 11.6. The highest BCUT2D eigenvalue weighted by atomic mass is 19.1. The Kier molecular flexibility index (Phi) is 7.83. The lowest BCUT2D eigenvalue weighted by Gasteiger charge is -2.27. The van der Waals surface area contributed by atoms with Crippen LogP contribution >= 0.6 is 0 Å². The maximum Gasteiger partial charge on any atom is 0.352 e. The van der Waals surface area contributed by atoms with Gasteiger partial charge in [0.2, 0.25) is 5.88 Å². The third kappa shape index (κ3) is 5.55. The Bertz CT molecular complexity index is 1430. The second-order valence-electron chi connectivity index (χ2n) is 8.27. The van der Waals surface area contributed by atoms with E-state index in [9.17, 15) is 14.4 Å². The molecule has 0 radical (unpaired) electrons. The smallest absolute Gasteiger partial charge is 0.352 e. The van der Waals surface area contributed by atoms with Crippen molar-refractivity contribution < 1.29 is 32.9 Å². The number of carbonyl (C=O) groups excluding carboxylic acids is 1. The van der Waals surface area contributed by atoms with Gasteiger partial charge in [-0.15, -0.1) is 0 Å². The molecule has 0 amide bonds. The van der Waals surface area contributed by atoms with Crippen LogP contribution in [0.2, 0.25) is 0 Å². The fraction of sp³-hybridized carbons (Fsp3) is 0.172. The number of halogens is 1. The topological polar surface area (TPSA) is 113 Å². The zero-order chi connectivity index (χ0) is 27.2. The number of methoxy groups -OCH3 is 1. The second kappa shape index (κ2) is 11.4. The normalized spacial score (nSPS) is 14.8. The highest BCUT2D eigenvalue weighted by Crippen LogP contribution is 2.45. The number of hydrogen-bond acceptors (Lipinski definition) is 8.